The van der Waals surface area contributed by atoms with E-state index in [0.717, 1.165) is 5.56 Å². The average Bonchev–Trinajstić information content (AvgIpc) is 2.61. The van der Waals surface area contributed by atoms with E-state index in [1.165, 1.54) is 0 Å². The molecule has 5 nitrogen and oxygen atoms in total. The zero-order valence-corrected chi connectivity index (χ0v) is 15.5. The Hall–Kier alpha value is -2.60. The molecule has 6 heteroatoms. The molecule has 0 unspecified atom stereocenters. The summed E-state index contributed by atoms with van der Waals surface area (Å²) in [4.78, 5) is 12.1. The largest absolute Gasteiger partial charge is 0.490 e. The fraction of sp³-hybridized carbons (Fsp3) is 0.158. The SMILES string of the molecule is C=CCOc1ccc(/C=N\NC(=O)c2ccccc2Br)cc1OCC. The number of hydrogen-bond acceptors (Lipinski definition) is 4. The van der Waals surface area contributed by atoms with Gasteiger partial charge in [-0.1, -0.05) is 24.8 Å². The van der Waals surface area contributed by atoms with Crippen LogP contribution in [0.1, 0.15) is 22.8 Å². The summed E-state index contributed by atoms with van der Waals surface area (Å²) in [5.74, 6) is 0.960. The number of rotatable bonds is 8. The third-order valence-corrected chi connectivity index (χ3v) is 3.81. The van der Waals surface area contributed by atoms with E-state index >= 15 is 0 Å². The fourth-order valence-corrected chi connectivity index (χ4v) is 2.48. The molecule has 0 heterocycles. The van der Waals surface area contributed by atoms with Gasteiger partial charge in [0.25, 0.3) is 5.91 Å². The molecule has 0 aliphatic rings. The van der Waals surface area contributed by atoms with Gasteiger partial charge in [0.15, 0.2) is 11.5 Å². The molecule has 25 heavy (non-hydrogen) atoms. The Balaban J connectivity index is 2.07. The Morgan fingerprint density at radius 2 is 2.04 bits per heavy atom. The van der Waals surface area contributed by atoms with Crippen LogP contribution in [0.4, 0.5) is 0 Å². The van der Waals surface area contributed by atoms with Crippen LogP contribution in [0.15, 0.2) is 64.7 Å². The van der Waals surface area contributed by atoms with Crippen LogP contribution >= 0.6 is 15.9 Å². The number of hydrazone groups is 1. The lowest BCUT2D eigenvalue weighted by atomic mass is 10.2. The molecule has 1 N–H and O–H groups in total. The maximum absolute atomic E-state index is 12.1. The zero-order valence-electron chi connectivity index (χ0n) is 13.9. The molecule has 0 aromatic heterocycles. The first kappa shape index (κ1) is 18.7. The van der Waals surface area contributed by atoms with Crippen molar-refractivity contribution >= 4 is 28.1 Å². The Morgan fingerprint density at radius 3 is 2.76 bits per heavy atom. The third kappa shape index (κ3) is 5.46. The molecule has 0 aliphatic heterocycles. The molecule has 0 saturated heterocycles. The highest BCUT2D eigenvalue weighted by atomic mass is 79.9. The number of hydrogen-bond donors (Lipinski definition) is 1. The average molecular weight is 403 g/mol. The van der Waals surface area contributed by atoms with E-state index in [9.17, 15) is 4.79 Å². The van der Waals surface area contributed by atoms with Crippen LogP contribution in [0.25, 0.3) is 0 Å². The Bertz CT molecular complexity index is 775. The van der Waals surface area contributed by atoms with Crippen molar-refractivity contribution in [1.29, 1.82) is 0 Å². The monoisotopic (exact) mass is 402 g/mol. The zero-order chi connectivity index (χ0) is 18.1. The van der Waals surface area contributed by atoms with Crippen LogP contribution in [0.3, 0.4) is 0 Å². The molecule has 1 amide bonds. The van der Waals surface area contributed by atoms with E-state index in [2.05, 4.69) is 33.0 Å². The summed E-state index contributed by atoms with van der Waals surface area (Å²) in [5, 5.41) is 3.99. The van der Waals surface area contributed by atoms with E-state index in [1.54, 1.807) is 42.6 Å². The minimum absolute atomic E-state index is 0.292. The van der Waals surface area contributed by atoms with E-state index < -0.39 is 0 Å². The fourth-order valence-electron chi connectivity index (χ4n) is 2.01. The first-order valence-electron chi connectivity index (χ1n) is 7.74. The van der Waals surface area contributed by atoms with Crippen LogP contribution in [-0.4, -0.2) is 25.3 Å². The molecular weight excluding hydrogens is 384 g/mol. The summed E-state index contributed by atoms with van der Waals surface area (Å²) in [5.41, 5.74) is 3.80. The summed E-state index contributed by atoms with van der Waals surface area (Å²) < 4.78 is 11.8. The van der Waals surface area contributed by atoms with Crippen molar-refractivity contribution in [2.24, 2.45) is 5.10 Å². The van der Waals surface area contributed by atoms with Crippen molar-refractivity contribution in [2.75, 3.05) is 13.2 Å². The highest BCUT2D eigenvalue weighted by Crippen LogP contribution is 2.28. The van der Waals surface area contributed by atoms with Gasteiger partial charge >= 0.3 is 0 Å². The van der Waals surface area contributed by atoms with Crippen molar-refractivity contribution in [1.82, 2.24) is 5.43 Å². The summed E-state index contributed by atoms with van der Waals surface area (Å²) in [6.45, 7) is 6.44. The van der Waals surface area contributed by atoms with Crippen molar-refractivity contribution < 1.29 is 14.3 Å². The van der Waals surface area contributed by atoms with Gasteiger partial charge in [-0.2, -0.15) is 5.10 Å². The summed E-state index contributed by atoms with van der Waals surface area (Å²) in [6, 6.07) is 12.6. The van der Waals surface area contributed by atoms with Gasteiger partial charge in [0.05, 0.1) is 18.4 Å². The van der Waals surface area contributed by atoms with E-state index in [-0.39, 0.29) is 5.91 Å². The molecule has 2 aromatic rings. The number of carbonyl (C=O) groups excluding carboxylic acids is 1. The number of ether oxygens (including phenoxy) is 2. The van der Waals surface area contributed by atoms with Gasteiger partial charge in [0, 0.05) is 4.47 Å². The predicted molar refractivity (Wildman–Crippen MR) is 103 cm³/mol. The van der Waals surface area contributed by atoms with E-state index in [0.29, 0.717) is 34.7 Å². The molecule has 0 aliphatic carbocycles. The molecular formula is C19H19BrN2O3. The smallest absolute Gasteiger partial charge is 0.272 e. The molecule has 0 fully saturated rings. The van der Waals surface area contributed by atoms with Gasteiger partial charge in [0.1, 0.15) is 6.61 Å². The van der Waals surface area contributed by atoms with Gasteiger partial charge < -0.3 is 9.47 Å². The van der Waals surface area contributed by atoms with E-state index in [4.69, 9.17) is 9.47 Å². The van der Waals surface area contributed by atoms with Gasteiger partial charge in [-0.25, -0.2) is 5.43 Å². The summed E-state index contributed by atoms with van der Waals surface area (Å²) in [6.07, 6.45) is 3.22. The molecule has 0 spiro atoms. The Labute approximate surface area is 155 Å². The van der Waals surface area contributed by atoms with Crippen molar-refractivity contribution in [3.63, 3.8) is 0 Å². The lowest BCUT2D eigenvalue weighted by Crippen LogP contribution is -2.18. The van der Waals surface area contributed by atoms with Crippen LogP contribution < -0.4 is 14.9 Å². The van der Waals surface area contributed by atoms with Crippen molar-refractivity contribution in [3.8, 4) is 11.5 Å². The molecule has 2 aromatic carbocycles. The first-order valence-corrected chi connectivity index (χ1v) is 8.53. The summed E-state index contributed by atoms with van der Waals surface area (Å²) in [7, 11) is 0. The number of halogens is 1. The first-order chi connectivity index (χ1) is 12.2. The topological polar surface area (TPSA) is 59.9 Å². The van der Waals surface area contributed by atoms with Gasteiger partial charge in [-0.15, -0.1) is 0 Å². The maximum atomic E-state index is 12.1. The Morgan fingerprint density at radius 1 is 1.24 bits per heavy atom. The lowest BCUT2D eigenvalue weighted by molar-refractivity contribution is 0.0954. The molecule has 0 radical (unpaired) electrons. The lowest BCUT2D eigenvalue weighted by Gasteiger charge is -2.11. The van der Waals surface area contributed by atoms with Gasteiger partial charge in [-0.05, 0) is 58.7 Å². The summed E-state index contributed by atoms with van der Waals surface area (Å²) >= 11 is 3.34. The normalized spacial score (nSPS) is 10.5. The molecule has 0 atom stereocenters. The number of nitrogens with zero attached hydrogens (tertiary/aromatic N) is 1. The molecule has 0 saturated carbocycles. The highest BCUT2D eigenvalue weighted by Gasteiger charge is 2.08. The second kappa shape index (κ2) is 9.64. The third-order valence-electron chi connectivity index (χ3n) is 3.12. The number of carbonyl (C=O) groups is 1. The number of benzene rings is 2. The predicted octanol–water partition coefficient (Wildman–Crippen LogP) is 4.18. The minimum Gasteiger partial charge on any atom is -0.490 e. The van der Waals surface area contributed by atoms with Crippen LogP contribution in [-0.2, 0) is 0 Å². The molecule has 2 rings (SSSR count). The minimum atomic E-state index is -0.292. The van der Waals surface area contributed by atoms with Crippen molar-refractivity contribution in [3.05, 3.63) is 70.7 Å². The van der Waals surface area contributed by atoms with Crippen molar-refractivity contribution in [2.45, 2.75) is 6.92 Å². The standard InChI is InChI=1S/C19H19BrN2O3/c1-3-11-25-17-10-9-14(12-18(17)24-4-2)13-21-22-19(23)15-7-5-6-8-16(15)20/h3,5-10,12-13H,1,4,11H2,2H3,(H,22,23)/b21-13-. The maximum Gasteiger partial charge on any atom is 0.272 e. The number of amides is 1. The molecule has 0 bridgehead atoms. The van der Waals surface area contributed by atoms with Gasteiger partial charge in [-0.3, -0.25) is 4.79 Å². The van der Waals surface area contributed by atoms with Crippen LogP contribution in [0, 0.1) is 0 Å². The second-order valence-corrected chi connectivity index (χ2v) is 5.77. The van der Waals surface area contributed by atoms with Crippen LogP contribution in [0.2, 0.25) is 0 Å². The number of nitrogens with one attached hydrogen (secondary N) is 1. The Kier molecular flexibility index (Phi) is 7.22. The van der Waals surface area contributed by atoms with Crippen LogP contribution in [0.5, 0.6) is 11.5 Å². The quantitative estimate of drug-likeness (QED) is 0.409. The van der Waals surface area contributed by atoms with E-state index in [1.807, 2.05) is 19.1 Å². The second-order valence-electron chi connectivity index (χ2n) is 4.92. The molecule has 130 valence electrons. The highest BCUT2D eigenvalue weighted by molar-refractivity contribution is 9.10. The van der Waals surface area contributed by atoms with Gasteiger partial charge in [0.2, 0.25) is 0 Å².